The summed E-state index contributed by atoms with van der Waals surface area (Å²) in [5.41, 5.74) is 3.83. The molecule has 7 heteroatoms. The Balaban J connectivity index is 2.29. The molecule has 106 valence electrons. The van der Waals surface area contributed by atoms with Crippen molar-refractivity contribution in [1.82, 2.24) is 5.43 Å². The van der Waals surface area contributed by atoms with Crippen molar-refractivity contribution in [3.63, 3.8) is 0 Å². The number of hydrogen-bond acceptors (Lipinski definition) is 3. The molecule has 1 aliphatic heterocycles. The number of para-hydroxylation sites is 1. The first kappa shape index (κ1) is 13.4. The van der Waals surface area contributed by atoms with Crippen LogP contribution in [-0.4, -0.2) is 11.9 Å². The highest BCUT2D eigenvalue weighted by atomic mass is 35.5. The molecule has 2 aromatic rings. The van der Waals surface area contributed by atoms with E-state index in [-0.39, 0.29) is 5.91 Å². The Morgan fingerprint density at radius 1 is 1.19 bits per heavy atom. The third kappa shape index (κ3) is 2.20. The van der Waals surface area contributed by atoms with Gasteiger partial charge < -0.3 is 5.32 Å². The number of carbonyl (C=O) groups is 2. The van der Waals surface area contributed by atoms with Crippen LogP contribution in [0.1, 0.15) is 10.4 Å². The number of fused-ring (bicyclic) bond motifs is 2. The fourth-order valence-electron chi connectivity index (χ4n) is 2.27. The zero-order chi connectivity index (χ0) is 15.0. The summed E-state index contributed by atoms with van der Waals surface area (Å²) in [6, 6.07) is 11.1. The number of hydrogen-bond donors (Lipinski definition) is 3. The SMILES string of the molecule is NNC(=O)N1c2ccc(Cl)cc2NC(=O)c2ccccc21. The summed E-state index contributed by atoms with van der Waals surface area (Å²) in [5.74, 6) is 4.94. The monoisotopic (exact) mass is 302 g/mol. The standard InChI is InChI=1S/C14H11ClN4O2/c15-8-5-6-12-10(7-8)17-13(20)9-3-1-2-4-11(9)19(12)14(21)18-16/h1-7H,16H2,(H,17,20)(H,18,21). The van der Waals surface area contributed by atoms with Crippen LogP contribution < -0.4 is 21.5 Å². The maximum absolute atomic E-state index is 12.3. The minimum atomic E-state index is -0.553. The Bertz CT molecular complexity index is 748. The largest absolute Gasteiger partial charge is 0.340 e. The van der Waals surface area contributed by atoms with Crippen LogP contribution in [0.5, 0.6) is 0 Å². The van der Waals surface area contributed by atoms with E-state index in [2.05, 4.69) is 10.7 Å². The molecule has 0 aliphatic carbocycles. The summed E-state index contributed by atoms with van der Waals surface area (Å²) in [6.07, 6.45) is 0. The van der Waals surface area contributed by atoms with Gasteiger partial charge in [-0.2, -0.15) is 0 Å². The lowest BCUT2D eigenvalue weighted by atomic mass is 10.1. The van der Waals surface area contributed by atoms with Gasteiger partial charge in [-0.25, -0.2) is 10.6 Å². The molecule has 6 nitrogen and oxygen atoms in total. The highest BCUT2D eigenvalue weighted by molar-refractivity contribution is 6.31. The Morgan fingerprint density at radius 2 is 1.95 bits per heavy atom. The van der Waals surface area contributed by atoms with Crippen molar-refractivity contribution in [3.8, 4) is 0 Å². The number of anilines is 3. The van der Waals surface area contributed by atoms with E-state index in [4.69, 9.17) is 17.4 Å². The number of benzene rings is 2. The topological polar surface area (TPSA) is 87.5 Å². The predicted octanol–water partition coefficient (Wildman–Crippen LogP) is 2.63. The van der Waals surface area contributed by atoms with Gasteiger partial charge in [0.05, 0.1) is 22.6 Å². The van der Waals surface area contributed by atoms with Gasteiger partial charge in [-0.3, -0.25) is 15.1 Å². The van der Waals surface area contributed by atoms with Crippen molar-refractivity contribution in [1.29, 1.82) is 0 Å². The highest BCUT2D eigenvalue weighted by Crippen LogP contribution is 2.38. The minimum absolute atomic E-state index is 0.318. The molecule has 1 aliphatic rings. The third-order valence-corrected chi connectivity index (χ3v) is 3.40. The Morgan fingerprint density at radius 3 is 2.71 bits per heavy atom. The summed E-state index contributed by atoms with van der Waals surface area (Å²) >= 11 is 5.96. The lowest BCUT2D eigenvalue weighted by Gasteiger charge is -2.23. The molecule has 0 fully saturated rings. The fraction of sp³-hybridized carbons (Fsp3) is 0. The van der Waals surface area contributed by atoms with Gasteiger partial charge in [0, 0.05) is 5.02 Å². The van der Waals surface area contributed by atoms with Crippen molar-refractivity contribution in [2.45, 2.75) is 0 Å². The van der Waals surface area contributed by atoms with Gasteiger partial charge in [0.25, 0.3) is 5.91 Å². The van der Waals surface area contributed by atoms with E-state index in [0.717, 1.165) is 0 Å². The second-order valence-electron chi connectivity index (χ2n) is 4.42. The minimum Gasteiger partial charge on any atom is -0.320 e. The zero-order valence-electron chi connectivity index (χ0n) is 10.8. The number of urea groups is 1. The van der Waals surface area contributed by atoms with Crippen LogP contribution >= 0.6 is 11.6 Å². The van der Waals surface area contributed by atoms with Crippen LogP contribution in [-0.2, 0) is 0 Å². The first-order chi connectivity index (χ1) is 10.1. The summed E-state index contributed by atoms with van der Waals surface area (Å²) in [7, 11) is 0. The fourth-order valence-corrected chi connectivity index (χ4v) is 2.44. The molecule has 0 atom stereocenters. The number of carbonyl (C=O) groups excluding carboxylic acids is 2. The van der Waals surface area contributed by atoms with E-state index >= 15 is 0 Å². The van der Waals surface area contributed by atoms with Gasteiger partial charge in [-0.1, -0.05) is 23.7 Å². The molecule has 1 heterocycles. The third-order valence-electron chi connectivity index (χ3n) is 3.16. The van der Waals surface area contributed by atoms with Crippen LogP contribution in [0.3, 0.4) is 0 Å². The number of nitrogens with zero attached hydrogens (tertiary/aromatic N) is 1. The normalized spacial score (nSPS) is 12.9. The number of rotatable bonds is 0. The van der Waals surface area contributed by atoms with Gasteiger partial charge in [-0.15, -0.1) is 0 Å². The van der Waals surface area contributed by atoms with E-state index < -0.39 is 6.03 Å². The maximum atomic E-state index is 12.3. The molecule has 3 amide bonds. The lowest BCUT2D eigenvalue weighted by molar-refractivity contribution is 0.102. The summed E-state index contributed by atoms with van der Waals surface area (Å²) in [6.45, 7) is 0. The average molecular weight is 303 g/mol. The summed E-state index contributed by atoms with van der Waals surface area (Å²) in [4.78, 5) is 25.8. The van der Waals surface area contributed by atoms with Gasteiger partial charge in [-0.05, 0) is 30.3 Å². The van der Waals surface area contributed by atoms with Crippen LogP contribution in [0.4, 0.5) is 21.9 Å². The predicted molar refractivity (Wildman–Crippen MR) is 80.7 cm³/mol. The zero-order valence-corrected chi connectivity index (χ0v) is 11.5. The summed E-state index contributed by atoms with van der Waals surface area (Å²) < 4.78 is 0. The molecule has 0 unspecified atom stereocenters. The molecule has 0 saturated heterocycles. The number of nitrogens with two attached hydrogens (primary N) is 1. The van der Waals surface area contributed by atoms with E-state index in [1.807, 2.05) is 0 Å². The second kappa shape index (κ2) is 5.08. The average Bonchev–Trinajstić information content (AvgIpc) is 2.61. The molecule has 0 spiro atoms. The summed E-state index contributed by atoms with van der Waals surface area (Å²) in [5, 5.41) is 3.19. The van der Waals surface area contributed by atoms with Gasteiger partial charge in [0.15, 0.2) is 0 Å². The van der Waals surface area contributed by atoms with Crippen molar-refractivity contribution in [2.75, 3.05) is 10.2 Å². The molecular weight excluding hydrogens is 292 g/mol. The second-order valence-corrected chi connectivity index (χ2v) is 4.85. The quantitative estimate of drug-likeness (QED) is 0.397. The molecule has 0 saturated carbocycles. The van der Waals surface area contributed by atoms with Crippen molar-refractivity contribution >= 4 is 40.6 Å². The van der Waals surface area contributed by atoms with Gasteiger partial charge in [0.2, 0.25) is 0 Å². The first-order valence-corrected chi connectivity index (χ1v) is 6.50. The van der Waals surface area contributed by atoms with Crippen molar-refractivity contribution in [2.24, 2.45) is 5.84 Å². The molecular formula is C14H11ClN4O2. The Labute approximate surface area is 125 Å². The molecule has 4 N–H and O–H groups in total. The van der Waals surface area contributed by atoms with Crippen molar-refractivity contribution in [3.05, 3.63) is 53.1 Å². The smallest absolute Gasteiger partial charge is 0.320 e. The van der Waals surface area contributed by atoms with E-state index in [1.54, 1.807) is 42.5 Å². The molecule has 0 radical (unpaired) electrons. The lowest BCUT2D eigenvalue weighted by Crippen LogP contribution is -2.41. The van der Waals surface area contributed by atoms with Crippen LogP contribution in [0.2, 0.25) is 5.02 Å². The van der Waals surface area contributed by atoms with Gasteiger partial charge in [0.1, 0.15) is 0 Å². The van der Waals surface area contributed by atoms with E-state index in [9.17, 15) is 9.59 Å². The molecule has 3 rings (SSSR count). The Hall–Kier alpha value is -2.57. The number of nitrogens with one attached hydrogen (secondary N) is 2. The highest BCUT2D eigenvalue weighted by Gasteiger charge is 2.28. The van der Waals surface area contributed by atoms with Crippen molar-refractivity contribution < 1.29 is 9.59 Å². The first-order valence-electron chi connectivity index (χ1n) is 6.12. The van der Waals surface area contributed by atoms with E-state index in [0.29, 0.717) is 27.6 Å². The van der Waals surface area contributed by atoms with Crippen LogP contribution in [0.15, 0.2) is 42.5 Å². The molecule has 0 aromatic heterocycles. The number of halogens is 1. The van der Waals surface area contributed by atoms with Crippen LogP contribution in [0, 0.1) is 0 Å². The Kier molecular flexibility index (Phi) is 3.25. The number of hydrazine groups is 1. The van der Waals surface area contributed by atoms with E-state index in [1.165, 1.54) is 4.90 Å². The molecule has 2 aromatic carbocycles. The van der Waals surface area contributed by atoms with Gasteiger partial charge >= 0.3 is 6.03 Å². The van der Waals surface area contributed by atoms with Crippen LogP contribution in [0.25, 0.3) is 0 Å². The molecule has 0 bridgehead atoms. The maximum Gasteiger partial charge on any atom is 0.340 e. The molecule has 21 heavy (non-hydrogen) atoms. The number of amides is 3.